The number of anilines is 2. The molecule has 4 rings (SSSR count). The smallest absolute Gasteiger partial charge is 0.257 e. The third kappa shape index (κ3) is 3.37. The fourth-order valence-electron chi connectivity index (χ4n) is 4.20. The van der Waals surface area contributed by atoms with Crippen LogP contribution in [0.4, 0.5) is 11.4 Å². The Bertz CT molecular complexity index is 1050. The van der Waals surface area contributed by atoms with Gasteiger partial charge in [0.15, 0.2) is 0 Å². The number of amides is 3. The molecule has 2 aromatic carbocycles. The number of allylic oxidation sites excluding steroid dienone is 2. The highest BCUT2D eigenvalue weighted by Crippen LogP contribution is 2.40. The van der Waals surface area contributed by atoms with Gasteiger partial charge in [0.25, 0.3) is 5.91 Å². The SMILES string of the molecule is CC1=CC[C@H]2C(=O)N(c3ccccc3C(=O)Nc3cc(C)ccc3C)C(=O)[C@H]2C1. The average Bonchev–Trinajstić information content (AvgIpc) is 2.94. The number of rotatable bonds is 3. The third-order valence-corrected chi connectivity index (χ3v) is 5.85. The zero-order valence-corrected chi connectivity index (χ0v) is 16.9. The maximum Gasteiger partial charge on any atom is 0.257 e. The molecule has 1 aliphatic carbocycles. The molecule has 1 saturated heterocycles. The molecule has 1 fully saturated rings. The topological polar surface area (TPSA) is 66.5 Å². The summed E-state index contributed by atoms with van der Waals surface area (Å²) in [6.07, 6.45) is 3.21. The molecule has 3 amide bonds. The first kappa shape index (κ1) is 19.1. The fourth-order valence-corrected chi connectivity index (χ4v) is 4.20. The van der Waals surface area contributed by atoms with Crippen LogP contribution in [0.1, 0.15) is 41.3 Å². The molecule has 0 radical (unpaired) electrons. The quantitative estimate of drug-likeness (QED) is 0.626. The molecular weight excluding hydrogens is 364 g/mol. The second kappa shape index (κ2) is 7.32. The number of hydrogen-bond acceptors (Lipinski definition) is 3. The van der Waals surface area contributed by atoms with E-state index in [1.807, 2.05) is 45.0 Å². The summed E-state index contributed by atoms with van der Waals surface area (Å²) in [7, 11) is 0. The van der Waals surface area contributed by atoms with E-state index in [1.165, 1.54) is 4.90 Å². The molecule has 2 atom stereocenters. The van der Waals surface area contributed by atoms with Gasteiger partial charge in [0.1, 0.15) is 0 Å². The number of benzene rings is 2. The van der Waals surface area contributed by atoms with E-state index < -0.39 is 0 Å². The van der Waals surface area contributed by atoms with E-state index in [0.29, 0.717) is 24.1 Å². The molecule has 0 spiro atoms. The summed E-state index contributed by atoms with van der Waals surface area (Å²) in [5.41, 5.74) is 4.52. The van der Waals surface area contributed by atoms with Crippen molar-refractivity contribution in [3.05, 3.63) is 70.8 Å². The Kier molecular flexibility index (Phi) is 4.82. The van der Waals surface area contributed by atoms with Gasteiger partial charge in [-0.1, -0.05) is 35.9 Å². The molecule has 5 heteroatoms. The van der Waals surface area contributed by atoms with Crippen molar-refractivity contribution in [1.82, 2.24) is 0 Å². The summed E-state index contributed by atoms with van der Waals surface area (Å²) in [6.45, 7) is 5.87. The number of nitrogens with zero attached hydrogens (tertiary/aromatic N) is 1. The maximum absolute atomic E-state index is 13.1. The number of nitrogens with one attached hydrogen (secondary N) is 1. The van der Waals surface area contributed by atoms with Gasteiger partial charge in [0, 0.05) is 5.69 Å². The molecule has 148 valence electrons. The van der Waals surface area contributed by atoms with Gasteiger partial charge >= 0.3 is 0 Å². The first-order valence-electron chi connectivity index (χ1n) is 9.88. The highest BCUT2D eigenvalue weighted by molar-refractivity contribution is 6.25. The van der Waals surface area contributed by atoms with Gasteiger partial charge in [-0.15, -0.1) is 0 Å². The number of carbonyl (C=O) groups excluding carboxylic acids is 3. The van der Waals surface area contributed by atoms with Crippen LogP contribution in [0.15, 0.2) is 54.1 Å². The Labute approximate surface area is 170 Å². The maximum atomic E-state index is 13.1. The van der Waals surface area contributed by atoms with E-state index in [4.69, 9.17) is 0 Å². The Morgan fingerprint density at radius 3 is 2.52 bits per heavy atom. The van der Waals surface area contributed by atoms with Crippen LogP contribution in [0, 0.1) is 25.7 Å². The number of aryl methyl sites for hydroxylation is 2. The molecule has 0 unspecified atom stereocenters. The van der Waals surface area contributed by atoms with Crippen molar-refractivity contribution in [3.8, 4) is 0 Å². The number of fused-ring (bicyclic) bond motifs is 1. The van der Waals surface area contributed by atoms with E-state index >= 15 is 0 Å². The normalized spacial score (nSPS) is 21.1. The van der Waals surface area contributed by atoms with E-state index in [-0.39, 0.29) is 29.6 Å². The summed E-state index contributed by atoms with van der Waals surface area (Å²) >= 11 is 0. The van der Waals surface area contributed by atoms with E-state index in [1.54, 1.807) is 24.3 Å². The van der Waals surface area contributed by atoms with Crippen LogP contribution in [-0.4, -0.2) is 17.7 Å². The second-order valence-corrected chi connectivity index (χ2v) is 8.00. The number of hydrogen-bond donors (Lipinski definition) is 1. The fraction of sp³-hybridized carbons (Fsp3) is 0.292. The standard InChI is InChI=1S/C24H24N2O3/c1-14-9-11-17-19(12-14)24(29)26(23(17)28)21-7-5-4-6-18(21)22(27)25-20-13-15(2)8-10-16(20)3/h4-10,13,17,19H,11-12H2,1-3H3,(H,25,27)/t17-,19+/m1/s1. The lowest BCUT2D eigenvalue weighted by Gasteiger charge is -2.19. The van der Waals surface area contributed by atoms with Crippen molar-refractivity contribution in [2.75, 3.05) is 10.2 Å². The summed E-state index contributed by atoms with van der Waals surface area (Å²) in [5.74, 6) is -1.42. The van der Waals surface area contributed by atoms with Crippen molar-refractivity contribution in [1.29, 1.82) is 0 Å². The Balaban J connectivity index is 1.67. The lowest BCUT2D eigenvalue weighted by Crippen LogP contribution is -2.33. The van der Waals surface area contributed by atoms with Gasteiger partial charge in [0.05, 0.1) is 23.1 Å². The van der Waals surface area contributed by atoms with Crippen molar-refractivity contribution < 1.29 is 14.4 Å². The Hall–Kier alpha value is -3.21. The average molecular weight is 388 g/mol. The van der Waals surface area contributed by atoms with Crippen molar-refractivity contribution in [3.63, 3.8) is 0 Å². The minimum Gasteiger partial charge on any atom is -0.322 e. The van der Waals surface area contributed by atoms with Crippen molar-refractivity contribution >= 4 is 29.1 Å². The molecule has 1 N–H and O–H groups in total. The van der Waals surface area contributed by atoms with Gasteiger partial charge in [-0.3, -0.25) is 14.4 Å². The predicted octanol–water partition coefficient (Wildman–Crippen LogP) is 4.40. The predicted molar refractivity (Wildman–Crippen MR) is 113 cm³/mol. The number of para-hydroxylation sites is 1. The highest BCUT2D eigenvalue weighted by Gasteiger charge is 2.49. The van der Waals surface area contributed by atoms with Gasteiger partial charge < -0.3 is 5.32 Å². The largest absolute Gasteiger partial charge is 0.322 e. The first-order valence-corrected chi connectivity index (χ1v) is 9.88. The molecular formula is C24H24N2O3. The zero-order valence-electron chi connectivity index (χ0n) is 16.9. The van der Waals surface area contributed by atoms with Crippen molar-refractivity contribution in [2.24, 2.45) is 11.8 Å². The molecule has 29 heavy (non-hydrogen) atoms. The summed E-state index contributed by atoms with van der Waals surface area (Å²) in [6, 6.07) is 12.7. The molecule has 2 aliphatic rings. The summed E-state index contributed by atoms with van der Waals surface area (Å²) < 4.78 is 0. The van der Waals surface area contributed by atoms with Crippen LogP contribution in [-0.2, 0) is 9.59 Å². The van der Waals surface area contributed by atoms with Crippen LogP contribution in [0.5, 0.6) is 0 Å². The van der Waals surface area contributed by atoms with E-state index in [2.05, 4.69) is 5.32 Å². The van der Waals surface area contributed by atoms with Crippen LogP contribution in [0.3, 0.4) is 0 Å². The molecule has 0 aromatic heterocycles. The van der Waals surface area contributed by atoms with Crippen LogP contribution < -0.4 is 10.2 Å². The van der Waals surface area contributed by atoms with Gasteiger partial charge in [-0.05, 0) is 62.9 Å². The molecule has 2 aromatic rings. The molecule has 0 saturated carbocycles. The Morgan fingerprint density at radius 2 is 1.72 bits per heavy atom. The van der Waals surface area contributed by atoms with E-state index in [9.17, 15) is 14.4 Å². The minimum atomic E-state index is -0.334. The molecule has 0 bridgehead atoms. The van der Waals surface area contributed by atoms with Crippen LogP contribution >= 0.6 is 0 Å². The van der Waals surface area contributed by atoms with Crippen LogP contribution in [0.2, 0.25) is 0 Å². The lowest BCUT2D eigenvalue weighted by atomic mass is 9.82. The summed E-state index contributed by atoms with van der Waals surface area (Å²) in [5, 5.41) is 2.93. The molecule has 1 aliphatic heterocycles. The third-order valence-electron chi connectivity index (χ3n) is 5.85. The Morgan fingerprint density at radius 1 is 1.00 bits per heavy atom. The first-order chi connectivity index (χ1) is 13.9. The molecule has 1 heterocycles. The van der Waals surface area contributed by atoms with Crippen molar-refractivity contribution in [2.45, 2.75) is 33.6 Å². The second-order valence-electron chi connectivity index (χ2n) is 8.00. The summed E-state index contributed by atoms with van der Waals surface area (Å²) in [4.78, 5) is 40.4. The monoisotopic (exact) mass is 388 g/mol. The highest BCUT2D eigenvalue weighted by atomic mass is 16.2. The zero-order chi connectivity index (χ0) is 20.7. The lowest BCUT2D eigenvalue weighted by molar-refractivity contribution is -0.122. The van der Waals surface area contributed by atoms with Gasteiger partial charge in [-0.2, -0.15) is 0 Å². The van der Waals surface area contributed by atoms with Crippen LogP contribution in [0.25, 0.3) is 0 Å². The minimum absolute atomic E-state index is 0.209. The number of carbonyl (C=O) groups is 3. The van der Waals surface area contributed by atoms with E-state index in [0.717, 1.165) is 22.4 Å². The number of imide groups is 1. The van der Waals surface area contributed by atoms with Gasteiger partial charge in [-0.25, -0.2) is 4.90 Å². The van der Waals surface area contributed by atoms with Gasteiger partial charge in [0.2, 0.25) is 11.8 Å². The molecule has 5 nitrogen and oxygen atoms in total.